The van der Waals surface area contributed by atoms with E-state index in [0.717, 1.165) is 6.92 Å². The quantitative estimate of drug-likeness (QED) is 0.375. The van der Waals surface area contributed by atoms with Crippen LogP contribution in [0, 0.1) is 0 Å². The second-order valence-corrected chi connectivity index (χ2v) is 5.17. The number of carbonyl (C=O) groups excluding carboxylic acids is 1. The van der Waals surface area contributed by atoms with Crippen LogP contribution in [0.2, 0.25) is 0 Å². The van der Waals surface area contributed by atoms with Gasteiger partial charge in [-0.15, -0.1) is 0 Å². The lowest BCUT2D eigenvalue weighted by atomic mass is 9.97. The molecule has 1 fully saturated rings. The molecule has 0 aromatic carbocycles. The maximum absolute atomic E-state index is 10.8. The molecule has 19 heavy (non-hydrogen) atoms. The van der Waals surface area contributed by atoms with Gasteiger partial charge in [0.1, 0.15) is 24.4 Å². The predicted molar refractivity (Wildman–Crippen MR) is 54.1 cm³/mol. The summed E-state index contributed by atoms with van der Waals surface area (Å²) in [4.78, 5) is 31.4. The van der Waals surface area contributed by atoms with Crippen LogP contribution in [0.5, 0.6) is 0 Å². The van der Waals surface area contributed by atoms with Crippen molar-refractivity contribution in [3.05, 3.63) is 0 Å². The van der Waals surface area contributed by atoms with Crippen LogP contribution in [-0.2, 0) is 18.6 Å². The lowest BCUT2D eigenvalue weighted by molar-refractivity contribution is -0.345. The molecule has 1 saturated heterocycles. The molecular formula is C8H14NO9P-2. The number of aliphatic hydroxyl groups is 3. The molecule has 1 aliphatic rings. The molecule has 0 radical (unpaired) electrons. The summed E-state index contributed by atoms with van der Waals surface area (Å²) >= 11 is 0. The van der Waals surface area contributed by atoms with Crippen LogP contribution < -0.4 is 15.1 Å². The number of hydrogen-bond acceptors (Lipinski definition) is 9. The first kappa shape index (κ1) is 16.5. The fourth-order valence-corrected chi connectivity index (χ4v) is 1.97. The lowest BCUT2D eigenvalue weighted by Gasteiger charge is -2.41. The van der Waals surface area contributed by atoms with E-state index in [2.05, 4.69) is 9.84 Å². The first-order chi connectivity index (χ1) is 8.61. The normalized spacial score (nSPS) is 36.0. The molecule has 11 heteroatoms. The zero-order valence-electron chi connectivity index (χ0n) is 9.83. The van der Waals surface area contributed by atoms with Crippen LogP contribution in [0.1, 0.15) is 6.92 Å². The third-order valence-electron chi connectivity index (χ3n) is 2.49. The fraction of sp³-hybridized carbons (Fsp3) is 0.875. The van der Waals surface area contributed by atoms with Gasteiger partial charge in [-0.1, -0.05) is 0 Å². The van der Waals surface area contributed by atoms with Crippen molar-refractivity contribution < 1.29 is 43.7 Å². The van der Waals surface area contributed by atoms with E-state index < -0.39 is 51.0 Å². The van der Waals surface area contributed by atoms with Crippen LogP contribution in [0.3, 0.4) is 0 Å². The zero-order chi connectivity index (χ0) is 14.8. The molecule has 1 rings (SSSR count). The Labute approximate surface area is 108 Å². The van der Waals surface area contributed by atoms with E-state index in [9.17, 15) is 34.5 Å². The molecule has 0 aromatic heterocycles. The van der Waals surface area contributed by atoms with Crippen LogP contribution in [0.15, 0.2) is 0 Å². The number of ether oxygens (including phenoxy) is 1. The summed E-state index contributed by atoms with van der Waals surface area (Å²) in [5, 5.41) is 31.0. The van der Waals surface area contributed by atoms with Crippen molar-refractivity contribution in [3.8, 4) is 0 Å². The highest BCUT2D eigenvalue weighted by molar-refractivity contribution is 7.43. The standard InChI is InChI=1S/C8H16NO9P/c1-3(10)9-5-7(12)6(11)4(18-8(5)13)2-17-19(14,15)16/h4-8,11-13H,2H2,1H3,(H,9,10)(H2,14,15,16)/p-2/t4-,5-,6-,7-,8+/m1/s1. The average molecular weight is 299 g/mol. The zero-order valence-corrected chi connectivity index (χ0v) is 10.7. The average Bonchev–Trinajstić information content (AvgIpc) is 2.26. The van der Waals surface area contributed by atoms with E-state index in [1.54, 1.807) is 0 Å². The second-order valence-electron chi connectivity index (χ2n) is 4.02. The Morgan fingerprint density at radius 2 is 1.95 bits per heavy atom. The summed E-state index contributed by atoms with van der Waals surface area (Å²) in [6, 6.07) is -1.28. The van der Waals surface area contributed by atoms with E-state index in [4.69, 9.17) is 4.74 Å². The minimum Gasteiger partial charge on any atom is -0.790 e. The van der Waals surface area contributed by atoms with Crippen LogP contribution in [-0.4, -0.2) is 58.5 Å². The number of phosphoric ester groups is 1. The number of phosphoric acid groups is 1. The van der Waals surface area contributed by atoms with Crippen molar-refractivity contribution in [2.45, 2.75) is 37.6 Å². The largest absolute Gasteiger partial charge is 0.790 e. The maximum Gasteiger partial charge on any atom is 0.217 e. The Bertz CT molecular complexity index is 371. The van der Waals surface area contributed by atoms with Gasteiger partial charge in [0, 0.05) is 6.92 Å². The Kier molecular flexibility index (Phi) is 5.42. The van der Waals surface area contributed by atoms with E-state index in [0.29, 0.717) is 0 Å². The minimum atomic E-state index is -5.26. The van der Waals surface area contributed by atoms with E-state index in [-0.39, 0.29) is 0 Å². The van der Waals surface area contributed by atoms with Gasteiger partial charge in [-0.05, 0) is 0 Å². The summed E-state index contributed by atoms with van der Waals surface area (Å²) in [5.74, 6) is -0.572. The van der Waals surface area contributed by atoms with Gasteiger partial charge >= 0.3 is 0 Å². The number of hydrogen-bond donors (Lipinski definition) is 4. The molecule has 4 N–H and O–H groups in total. The van der Waals surface area contributed by atoms with Gasteiger partial charge in [-0.25, -0.2) is 0 Å². The van der Waals surface area contributed by atoms with Gasteiger partial charge in [-0.2, -0.15) is 0 Å². The Balaban J connectivity index is 2.66. The Morgan fingerprint density at radius 3 is 2.42 bits per heavy atom. The number of nitrogens with one attached hydrogen (secondary N) is 1. The van der Waals surface area contributed by atoms with Gasteiger partial charge in [0.15, 0.2) is 6.29 Å². The third-order valence-corrected chi connectivity index (χ3v) is 2.95. The van der Waals surface area contributed by atoms with Gasteiger partial charge < -0.3 is 44.2 Å². The first-order valence-corrected chi connectivity index (χ1v) is 6.71. The number of rotatable bonds is 4. The molecule has 0 saturated carbocycles. The van der Waals surface area contributed by atoms with E-state index in [1.807, 2.05) is 0 Å². The Hall–Kier alpha value is -0.580. The smallest absolute Gasteiger partial charge is 0.217 e. The van der Waals surface area contributed by atoms with Gasteiger partial charge in [-0.3, -0.25) is 4.79 Å². The Morgan fingerprint density at radius 1 is 1.37 bits per heavy atom. The monoisotopic (exact) mass is 299 g/mol. The van der Waals surface area contributed by atoms with Gasteiger partial charge in [0.25, 0.3) is 0 Å². The fourth-order valence-electron chi connectivity index (χ4n) is 1.64. The van der Waals surface area contributed by atoms with Crippen LogP contribution in [0.25, 0.3) is 0 Å². The SMILES string of the molecule is CC(=O)N[C@@H]1[C@@H](O)[C@H](O)[C@@H](COP(=O)([O-])[O-])O[C@@H]1O. The molecule has 5 atom stereocenters. The number of carbonyl (C=O) groups is 1. The van der Waals surface area contributed by atoms with E-state index >= 15 is 0 Å². The summed E-state index contributed by atoms with van der Waals surface area (Å²) in [6.45, 7) is 0.276. The van der Waals surface area contributed by atoms with E-state index in [1.165, 1.54) is 0 Å². The molecule has 0 bridgehead atoms. The summed E-state index contributed by atoms with van der Waals surface area (Å²) in [5.41, 5.74) is 0. The first-order valence-electron chi connectivity index (χ1n) is 5.25. The summed E-state index contributed by atoms with van der Waals surface area (Å²) in [6.07, 6.45) is -6.37. The summed E-state index contributed by atoms with van der Waals surface area (Å²) < 4.78 is 19.0. The molecule has 1 heterocycles. The maximum atomic E-state index is 10.8. The molecule has 0 unspecified atom stereocenters. The van der Waals surface area contributed by atoms with Crippen molar-refractivity contribution in [1.29, 1.82) is 0 Å². The summed E-state index contributed by atoms with van der Waals surface area (Å²) in [7, 11) is -5.26. The number of amides is 1. The van der Waals surface area contributed by atoms with Crippen molar-refractivity contribution in [3.63, 3.8) is 0 Å². The van der Waals surface area contributed by atoms with Gasteiger partial charge in [0.2, 0.25) is 5.91 Å². The lowest BCUT2D eigenvalue weighted by Crippen LogP contribution is -2.64. The highest BCUT2D eigenvalue weighted by Crippen LogP contribution is 2.28. The second kappa shape index (κ2) is 6.25. The molecule has 1 aliphatic heterocycles. The van der Waals surface area contributed by atoms with Gasteiger partial charge in [0.05, 0.1) is 14.4 Å². The topological polar surface area (TPSA) is 171 Å². The minimum absolute atomic E-state index is 0.572. The third kappa shape index (κ3) is 4.79. The molecule has 112 valence electrons. The molecule has 10 nitrogen and oxygen atoms in total. The van der Waals surface area contributed by atoms with Crippen molar-refractivity contribution in [2.24, 2.45) is 0 Å². The van der Waals surface area contributed by atoms with Crippen molar-refractivity contribution in [1.82, 2.24) is 5.32 Å². The highest BCUT2D eigenvalue weighted by atomic mass is 31.2. The van der Waals surface area contributed by atoms with Crippen molar-refractivity contribution >= 4 is 13.7 Å². The molecular weight excluding hydrogens is 285 g/mol. The van der Waals surface area contributed by atoms with Crippen molar-refractivity contribution in [2.75, 3.05) is 6.61 Å². The molecule has 1 amide bonds. The van der Waals surface area contributed by atoms with Crippen LogP contribution >= 0.6 is 7.82 Å². The molecule has 0 spiro atoms. The van der Waals surface area contributed by atoms with Crippen LogP contribution in [0.4, 0.5) is 0 Å². The number of aliphatic hydroxyl groups excluding tert-OH is 3. The predicted octanol–water partition coefficient (Wildman–Crippen LogP) is -4.22. The molecule has 0 aliphatic carbocycles. The molecule has 0 aromatic rings. The highest BCUT2D eigenvalue weighted by Gasteiger charge is 2.44.